The summed E-state index contributed by atoms with van der Waals surface area (Å²) in [5.41, 5.74) is 4.14. The highest BCUT2D eigenvalue weighted by Gasteiger charge is 2.28. The van der Waals surface area contributed by atoms with Gasteiger partial charge in [-0.15, -0.1) is 0 Å². The first-order valence-electron chi connectivity index (χ1n) is 9.66. The molecule has 4 aromatic heterocycles. The van der Waals surface area contributed by atoms with Crippen LogP contribution in [0.1, 0.15) is 46.1 Å². The lowest BCUT2D eigenvalue weighted by Crippen LogP contribution is -2.23. The number of aryl methyl sites for hydroxylation is 2. The van der Waals surface area contributed by atoms with Crippen molar-refractivity contribution in [3.8, 4) is 5.82 Å². The number of nitrogens with zero attached hydrogens (tertiary/aromatic N) is 6. The maximum atomic E-state index is 13.0. The molecule has 0 unspecified atom stereocenters. The van der Waals surface area contributed by atoms with Crippen LogP contribution in [0.5, 0.6) is 0 Å². The van der Waals surface area contributed by atoms with Crippen molar-refractivity contribution >= 4 is 16.9 Å². The van der Waals surface area contributed by atoms with Crippen molar-refractivity contribution in [1.29, 1.82) is 0 Å². The van der Waals surface area contributed by atoms with Gasteiger partial charge in [0.2, 0.25) is 0 Å². The molecule has 1 N–H and O–H groups in total. The summed E-state index contributed by atoms with van der Waals surface area (Å²) in [6, 6.07) is 5.80. The lowest BCUT2D eigenvalue weighted by Gasteiger charge is -2.09. The third-order valence-electron chi connectivity index (χ3n) is 5.26. The van der Waals surface area contributed by atoms with Gasteiger partial charge >= 0.3 is 0 Å². The van der Waals surface area contributed by atoms with Crippen molar-refractivity contribution in [2.75, 3.05) is 0 Å². The summed E-state index contributed by atoms with van der Waals surface area (Å²) in [5, 5.41) is 8.31. The van der Waals surface area contributed by atoms with Crippen LogP contribution in [0.2, 0.25) is 0 Å². The Bertz CT molecular complexity index is 1190. The minimum Gasteiger partial charge on any atom is -0.348 e. The van der Waals surface area contributed by atoms with Gasteiger partial charge in [0.05, 0.1) is 16.6 Å². The van der Waals surface area contributed by atoms with Crippen LogP contribution in [-0.2, 0) is 13.6 Å². The van der Waals surface area contributed by atoms with Crippen molar-refractivity contribution in [3.63, 3.8) is 0 Å². The van der Waals surface area contributed by atoms with Crippen LogP contribution in [0.3, 0.4) is 0 Å². The average Bonchev–Trinajstić information content (AvgIpc) is 3.36. The molecule has 0 spiro atoms. The number of aromatic nitrogens is 6. The third kappa shape index (κ3) is 3.26. The Balaban J connectivity index is 1.39. The first-order chi connectivity index (χ1) is 14.1. The van der Waals surface area contributed by atoms with Crippen LogP contribution >= 0.6 is 0 Å². The third-order valence-corrected chi connectivity index (χ3v) is 5.26. The van der Waals surface area contributed by atoms with Gasteiger partial charge in [-0.1, -0.05) is 6.07 Å². The lowest BCUT2D eigenvalue weighted by molar-refractivity contribution is 0.0952. The van der Waals surface area contributed by atoms with E-state index in [1.165, 1.54) is 0 Å². The zero-order valence-electron chi connectivity index (χ0n) is 16.3. The Morgan fingerprint density at radius 2 is 2.17 bits per heavy atom. The Labute approximate surface area is 167 Å². The first-order valence-corrected chi connectivity index (χ1v) is 9.66. The van der Waals surface area contributed by atoms with Crippen molar-refractivity contribution in [1.82, 2.24) is 34.6 Å². The lowest BCUT2D eigenvalue weighted by atomic mass is 10.1. The van der Waals surface area contributed by atoms with E-state index < -0.39 is 0 Å². The van der Waals surface area contributed by atoms with Crippen molar-refractivity contribution in [2.24, 2.45) is 7.05 Å². The number of imidazole rings is 1. The Morgan fingerprint density at radius 1 is 1.31 bits per heavy atom. The number of carbonyl (C=O) groups excluding carboxylic acids is 1. The van der Waals surface area contributed by atoms with E-state index in [1.807, 2.05) is 42.9 Å². The second-order valence-corrected chi connectivity index (χ2v) is 7.45. The van der Waals surface area contributed by atoms with Crippen molar-refractivity contribution < 1.29 is 4.79 Å². The number of nitrogens with one attached hydrogen (secondary N) is 1. The molecule has 0 bridgehead atoms. The van der Waals surface area contributed by atoms with Crippen LogP contribution < -0.4 is 5.32 Å². The molecule has 1 aliphatic carbocycles. The number of fused-ring (bicyclic) bond motifs is 1. The monoisotopic (exact) mass is 387 g/mol. The van der Waals surface area contributed by atoms with Gasteiger partial charge in [-0.25, -0.2) is 15.0 Å². The average molecular weight is 387 g/mol. The molecular formula is C21H21N7O. The first kappa shape index (κ1) is 17.5. The largest absolute Gasteiger partial charge is 0.348 e. The van der Waals surface area contributed by atoms with Gasteiger partial charge in [0.1, 0.15) is 12.1 Å². The van der Waals surface area contributed by atoms with E-state index in [-0.39, 0.29) is 5.91 Å². The molecule has 0 saturated heterocycles. The second kappa shape index (κ2) is 6.80. The molecule has 4 heterocycles. The molecule has 146 valence electrons. The zero-order valence-corrected chi connectivity index (χ0v) is 16.3. The molecule has 1 saturated carbocycles. The summed E-state index contributed by atoms with van der Waals surface area (Å²) in [5.74, 6) is 1.13. The summed E-state index contributed by atoms with van der Waals surface area (Å²) in [6.45, 7) is 2.31. The minimum atomic E-state index is -0.117. The van der Waals surface area contributed by atoms with Crippen molar-refractivity contribution in [2.45, 2.75) is 32.2 Å². The predicted molar refractivity (Wildman–Crippen MR) is 108 cm³/mol. The molecule has 1 fully saturated rings. The topological polar surface area (TPSA) is 90.5 Å². The normalized spacial score (nSPS) is 13.7. The zero-order chi connectivity index (χ0) is 20.0. The van der Waals surface area contributed by atoms with E-state index in [2.05, 4.69) is 20.4 Å². The van der Waals surface area contributed by atoms with Gasteiger partial charge in [-0.05, 0) is 37.5 Å². The highest BCUT2D eigenvalue weighted by atomic mass is 16.1. The van der Waals surface area contributed by atoms with Gasteiger partial charge in [0.25, 0.3) is 5.91 Å². The maximum absolute atomic E-state index is 13.0. The molecule has 29 heavy (non-hydrogen) atoms. The van der Waals surface area contributed by atoms with Crippen LogP contribution in [0.15, 0.2) is 43.1 Å². The maximum Gasteiger partial charge on any atom is 0.252 e. The van der Waals surface area contributed by atoms with Gasteiger partial charge < -0.3 is 5.32 Å². The highest BCUT2D eigenvalue weighted by Crippen LogP contribution is 2.40. The van der Waals surface area contributed by atoms with Crippen LogP contribution in [0, 0.1) is 6.92 Å². The molecule has 0 atom stereocenters. The molecule has 4 aromatic rings. The molecule has 0 aromatic carbocycles. The van der Waals surface area contributed by atoms with E-state index in [1.54, 1.807) is 23.4 Å². The molecule has 8 heteroatoms. The summed E-state index contributed by atoms with van der Waals surface area (Å²) in [7, 11) is 1.87. The number of hydrogen-bond donors (Lipinski definition) is 1. The molecule has 1 aliphatic rings. The van der Waals surface area contributed by atoms with Gasteiger partial charge in [-0.3, -0.25) is 14.0 Å². The number of pyridine rings is 2. The van der Waals surface area contributed by atoms with E-state index in [0.29, 0.717) is 18.0 Å². The van der Waals surface area contributed by atoms with Crippen LogP contribution in [-0.4, -0.2) is 35.2 Å². The van der Waals surface area contributed by atoms with Gasteiger partial charge in [0.15, 0.2) is 5.65 Å². The van der Waals surface area contributed by atoms with E-state index in [4.69, 9.17) is 4.98 Å². The quantitative estimate of drug-likeness (QED) is 0.569. The summed E-state index contributed by atoms with van der Waals surface area (Å²) >= 11 is 0. The highest BCUT2D eigenvalue weighted by molar-refractivity contribution is 6.06. The number of hydrogen-bond acceptors (Lipinski definition) is 5. The van der Waals surface area contributed by atoms with Crippen molar-refractivity contribution in [3.05, 3.63) is 65.6 Å². The number of carbonyl (C=O) groups is 1. The molecule has 8 nitrogen and oxygen atoms in total. The number of rotatable bonds is 5. The fourth-order valence-electron chi connectivity index (χ4n) is 3.58. The van der Waals surface area contributed by atoms with Crippen LogP contribution in [0.25, 0.3) is 16.9 Å². The number of amides is 1. The Morgan fingerprint density at radius 3 is 2.86 bits per heavy atom. The Kier molecular flexibility index (Phi) is 4.12. The molecule has 5 rings (SSSR count). The predicted octanol–water partition coefficient (Wildman–Crippen LogP) is 2.66. The van der Waals surface area contributed by atoms with E-state index in [9.17, 15) is 4.79 Å². The standard InChI is InChI=1S/C21H21N7O/c1-13-19-16(9-17(15-4-5-15)25-20(19)27(2)26-13)21(29)24-11-14-3-6-18(23-10-14)28-8-7-22-12-28/h3,6-10,12,15H,4-5,11H2,1-2H3,(H,24,29). The van der Waals surface area contributed by atoms with Gasteiger partial charge in [-0.2, -0.15) is 5.10 Å². The Hall–Kier alpha value is -3.55. The van der Waals surface area contributed by atoms with E-state index >= 15 is 0 Å². The summed E-state index contributed by atoms with van der Waals surface area (Å²) < 4.78 is 3.59. The van der Waals surface area contributed by atoms with E-state index in [0.717, 1.165) is 46.6 Å². The summed E-state index contributed by atoms with van der Waals surface area (Å²) in [4.78, 5) is 26.2. The summed E-state index contributed by atoms with van der Waals surface area (Å²) in [6.07, 6.45) is 9.28. The fourth-order valence-corrected chi connectivity index (χ4v) is 3.58. The van der Waals surface area contributed by atoms with Crippen LogP contribution in [0.4, 0.5) is 0 Å². The molecular weight excluding hydrogens is 366 g/mol. The molecule has 0 radical (unpaired) electrons. The molecule has 0 aliphatic heterocycles. The SMILES string of the molecule is Cc1nn(C)c2nc(C3CC3)cc(C(=O)NCc3ccc(-n4ccnc4)nc3)c12. The fraction of sp³-hybridized carbons (Fsp3) is 0.286. The van der Waals surface area contributed by atoms with Gasteiger partial charge in [0, 0.05) is 43.8 Å². The second-order valence-electron chi connectivity index (χ2n) is 7.45. The molecule has 1 amide bonds. The minimum absolute atomic E-state index is 0.117. The smallest absolute Gasteiger partial charge is 0.252 e.